The van der Waals surface area contributed by atoms with E-state index in [0.29, 0.717) is 9.35 Å². The zero-order chi connectivity index (χ0) is 14.0. The fraction of sp³-hybridized carbons (Fsp3) is 0.0833. The fourth-order valence-electron chi connectivity index (χ4n) is 1.29. The summed E-state index contributed by atoms with van der Waals surface area (Å²) < 4.78 is 20.0. The monoisotopic (exact) mass is 426 g/mol. The Bertz CT molecular complexity index is 630. The Labute approximate surface area is 134 Å². The van der Waals surface area contributed by atoms with Crippen molar-refractivity contribution in [1.29, 1.82) is 0 Å². The summed E-state index contributed by atoms with van der Waals surface area (Å²) in [6.07, 6.45) is 0. The maximum absolute atomic E-state index is 13.3. The second-order valence-corrected chi connectivity index (χ2v) is 7.24. The number of halogens is 4. The summed E-state index contributed by atoms with van der Waals surface area (Å²) in [7, 11) is 0. The lowest BCUT2D eigenvalue weighted by atomic mass is 10.3. The summed E-state index contributed by atoms with van der Waals surface area (Å²) in [5, 5.41) is -0.00672. The van der Waals surface area contributed by atoms with E-state index in [1.807, 2.05) is 0 Å². The Kier molecular flexibility index (Phi) is 5.00. The Morgan fingerprint density at radius 2 is 2.11 bits per heavy atom. The molecule has 1 heterocycles. The first-order valence-electron chi connectivity index (χ1n) is 5.03. The van der Waals surface area contributed by atoms with Gasteiger partial charge in [0.25, 0.3) is 0 Å². The van der Waals surface area contributed by atoms with Gasteiger partial charge in [0.05, 0.1) is 18.2 Å². The van der Waals surface area contributed by atoms with Crippen LogP contribution in [-0.2, 0) is 0 Å². The van der Waals surface area contributed by atoms with Gasteiger partial charge in [0, 0.05) is 6.07 Å². The highest BCUT2D eigenvalue weighted by Crippen LogP contribution is 2.31. The summed E-state index contributed by atoms with van der Waals surface area (Å²) in [5.74, 6) is -0.519. The number of rotatable bonds is 4. The SMILES string of the molecule is O=C(COc1cc(F)c(Cl)cc1Br)c1ccc(Br)s1. The molecule has 2 rings (SSSR count). The topological polar surface area (TPSA) is 26.3 Å². The number of benzene rings is 1. The van der Waals surface area contributed by atoms with Crippen molar-refractivity contribution in [3.05, 3.63) is 48.2 Å². The molecule has 7 heteroatoms. The number of ether oxygens (including phenoxy) is 1. The molecule has 0 saturated heterocycles. The standard InChI is InChI=1S/C12H6Br2ClFO2S/c13-6-3-7(15)8(16)4-10(6)18-5-9(17)11-1-2-12(14)19-11/h1-4H,5H2. The molecule has 0 fully saturated rings. The van der Waals surface area contributed by atoms with Crippen LogP contribution < -0.4 is 4.74 Å². The Morgan fingerprint density at radius 1 is 1.37 bits per heavy atom. The molecule has 0 saturated carbocycles. The van der Waals surface area contributed by atoms with Gasteiger partial charge in [0.1, 0.15) is 11.6 Å². The maximum Gasteiger partial charge on any atom is 0.210 e. The van der Waals surface area contributed by atoms with E-state index in [9.17, 15) is 9.18 Å². The molecule has 2 nitrogen and oxygen atoms in total. The second-order valence-electron chi connectivity index (χ2n) is 3.51. The van der Waals surface area contributed by atoms with Crippen molar-refractivity contribution in [2.75, 3.05) is 6.61 Å². The predicted octanol–water partition coefficient (Wildman–Crippen LogP) is 5.33. The van der Waals surface area contributed by atoms with Gasteiger partial charge in [0.15, 0.2) is 6.61 Å². The van der Waals surface area contributed by atoms with Gasteiger partial charge in [-0.3, -0.25) is 4.79 Å². The number of hydrogen-bond donors (Lipinski definition) is 0. The molecular weight excluding hydrogens is 422 g/mol. The van der Waals surface area contributed by atoms with E-state index in [-0.39, 0.29) is 23.2 Å². The molecule has 1 aromatic carbocycles. The normalized spacial score (nSPS) is 10.5. The number of carbonyl (C=O) groups excluding carboxylic acids is 1. The molecule has 0 aliphatic rings. The molecule has 0 aliphatic carbocycles. The molecule has 0 radical (unpaired) electrons. The highest BCUT2D eigenvalue weighted by molar-refractivity contribution is 9.11. The molecule has 100 valence electrons. The Hall–Kier alpha value is -0.430. The van der Waals surface area contributed by atoms with Crippen LogP contribution in [0.15, 0.2) is 32.5 Å². The zero-order valence-electron chi connectivity index (χ0n) is 9.25. The Balaban J connectivity index is 2.07. The minimum Gasteiger partial charge on any atom is -0.484 e. The van der Waals surface area contributed by atoms with Crippen LogP contribution in [0.2, 0.25) is 5.02 Å². The third-order valence-electron chi connectivity index (χ3n) is 2.18. The summed E-state index contributed by atoms with van der Waals surface area (Å²) in [6.45, 7) is -0.160. The fourth-order valence-corrected chi connectivity index (χ4v) is 3.36. The summed E-state index contributed by atoms with van der Waals surface area (Å²) in [6, 6.07) is 6.02. The van der Waals surface area contributed by atoms with Crippen LogP contribution >= 0.6 is 54.8 Å². The third-order valence-corrected chi connectivity index (χ3v) is 4.76. The van der Waals surface area contributed by atoms with Crippen molar-refractivity contribution >= 4 is 60.6 Å². The average molecular weight is 429 g/mol. The molecule has 0 unspecified atom stereocenters. The Morgan fingerprint density at radius 3 is 2.74 bits per heavy atom. The lowest BCUT2D eigenvalue weighted by Crippen LogP contribution is -2.10. The van der Waals surface area contributed by atoms with Gasteiger partial charge in [-0.2, -0.15) is 0 Å². The second kappa shape index (κ2) is 6.35. The van der Waals surface area contributed by atoms with E-state index in [4.69, 9.17) is 16.3 Å². The van der Waals surface area contributed by atoms with Gasteiger partial charge in [-0.05, 0) is 50.1 Å². The van der Waals surface area contributed by atoms with Gasteiger partial charge in [0.2, 0.25) is 5.78 Å². The van der Waals surface area contributed by atoms with Crippen molar-refractivity contribution in [3.8, 4) is 5.75 Å². The predicted molar refractivity (Wildman–Crippen MR) is 81.0 cm³/mol. The molecule has 2 aromatic rings. The van der Waals surface area contributed by atoms with Crippen LogP contribution in [-0.4, -0.2) is 12.4 Å². The first-order chi connectivity index (χ1) is 8.97. The quantitative estimate of drug-likeness (QED) is 0.486. The van der Waals surface area contributed by atoms with Crippen LogP contribution in [0.3, 0.4) is 0 Å². The van der Waals surface area contributed by atoms with Crippen LogP contribution in [0.1, 0.15) is 9.67 Å². The molecule has 0 atom stereocenters. The van der Waals surface area contributed by atoms with Crippen LogP contribution in [0.5, 0.6) is 5.75 Å². The van der Waals surface area contributed by atoms with Gasteiger partial charge < -0.3 is 4.74 Å². The van der Waals surface area contributed by atoms with Crippen molar-refractivity contribution in [2.24, 2.45) is 0 Å². The molecule has 19 heavy (non-hydrogen) atoms. The molecule has 0 bridgehead atoms. The lowest BCUT2D eigenvalue weighted by molar-refractivity contribution is 0.0925. The van der Waals surface area contributed by atoms with Crippen molar-refractivity contribution in [3.63, 3.8) is 0 Å². The van der Waals surface area contributed by atoms with E-state index in [1.165, 1.54) is 17.4 Å². The smallest absolute Gasteiger partial charge is 0.210 e. The number of ketones is 1. The highest BCUT2D eigenvalue weighted by atomic mass is 79.9. The van der Waals surface area contributed by atoms with E-state index < -0.39 is 5.82 Å². The molecule has 0 N–H and O–H groups in total. The van der Waals surface area contributed by atoms with Gasteiger partial charge in [-0.1, -0.05) is 11.6 Å². The number of hydrogen-bond acceptors (Lipinski definition) is 3. The number of Topliss-reactive ketones (excluding diaryl/α,β-unsaturated/α-hetero) is 1. The van der Waals surface area contributed by atoms with Gasteiger partial charge in [-0.25, -0.2) is 4.39 Å². The van der Waals surface area contributed by atoms with Gasteiger partial charge in [-0.15, -0.1) is 11.3 Å². The summed E-state index contributed by atoms with van der Waals surface area (Å²) in [5.41, 5.74) is 0. The highest BCUT2D eigenvalue weighted by Gasteiger charge is 2.12. The van der Waals surface area contributed by atoms with E-state index in [0.717, 1.165) is 9.85 Å². The zero-order valence-corrected chi connectivity index (χ0v) is 14.0. The van der Waals surface area contributed by atoms with Crippen LogP contribution in [0, 0.1) is 5.82 Å². The molecule has 0 aliphatic heterocycles. The molecular formula is C12H6Br2ClFO2S. The number of carbonyl (C=O) groups is 1. The molecule has 1 aromatic heterocycles. The van der Waals surface area contributed by atoms with Crippen LogP contribution in [0.25, 0.3) is 0 Å². The maximum atomic E-state index is 13.3. The first kappa shape index (κ1) is 15.0. The lowest BCUT2D eigenvalue weighted by Gasteiger charge is -2.07. The molecule has 0 spiro atoms. The first-order valence-corrected chi connectivity index (χ1v) is 7.81. The minimum absolute atomic E-state index is 0.00672. The average Bonchev–Trinajstić information content (AvgIpc) is 2.78. The molecule has 0 amide bonds. The van der Waals surface area contributed by atoms with Crippen molar-refractivity contribution in [1.82, 2.24) is 0 Å². The van der Waals surface area contributed by atoms with Crippen molar-refractivity contribution < 1.29 is 13.9 Å². The summed E-state index contributed by atoms with van der Waals surface area (Å²) in [4.78, 5) is 12.4. The number of thiophene rings is 1. The van der Waals surface area contributed by atoms with Crippen LogP contribution in [0.4, 0.5) is 4.39 Å². The van der Waals surface area contributed by atoms with Gasteiger partial charge >= 0.3 is 0 Å². The minimum atomic E-state index is -0.591. The van der Waals surface area contributed by atoms with E-state index in [2.05, 4.69) is 31.9 Å². The third kappa shape index (κ3) is 3.78. The van der Waals surface area contributed by atoms with Crippen molar-refractivity contribution in [2.45, 2.75) is 0 Å². The van der Waals surface area contributed by atoms with E-state index in [1.54, 1.807) is 12.1 Å². The largest absolute Gasteiger partial charge is 0.484 e. The summed E-state index contributed by atoms with van der Waals surface area (Å²) >= 11 is 13.4. The van der Waals surface area contributed by atoms with E-state index >= 15 is 0 Å².